The fourth-order valence-corrected chi connectivity index (χ4v) is 2.35. The molecule has 0 radical (unpaired) electrons. The van der Waals surface area contributed by atoms with Crippen molar-refractivity contribution in [2.24, 2.45) is 5.92 Å². The van der Waals surface area contributed by atoms with Gasteiger partial charge in [0.05, 0.1) is 13.3 Å². The molecule has 0 spiro atoms. The Morgan fingerprint density at radius 3 is 2.80 bits per heavy atom. The summed E-state index contributed by atoms with van der Waals surface area (Å²) < 4.78 is 12.7. The topological polar surface area (TPSA) is 65.4 Å². The zero-order chi connectivity index (χ0) is 18.2. The number of carbonyl (C=O) groups excluding carboxylic acids is 1. The molecule has 134 valence electrons. The molecule has 0 atom stereocenters. The first-order valence-electron chi connectivity index (χ1n) is 8.28. The number of aromatic nitrogens is 2. The molecule has 1 N–H and O–H groups in total. The molecule has 1 aromatic carbocycles. The zero-order valence-corrected chi connectivity index (χ0v) is 15.2. The second-order valence-electron chi connectivity index (χ2n) is 6.04. The lowest BCUT2D eigenvalue weighted by Crippen LogP contribution is -2.22. The molecule has 0 aliphatic heterocycles. The number of rotatable bonds is 8. The van der Waals surface area contributed by atoms with Gasteiger partial charge < -0.3 is 14.8 Å². The second-order valence-corrected chi connectivity index (χ2v) is 6.04. The van der Waals surface area contributed by atoms with Crippen molar-refractivity contribution in [3.05, 3.63) is 42.1 Å². The Morgan fingerprint density at radius 1 is 1.32 bits per heavy atom. The fraction of sp³-hybridized carbons (Fsp3) is 0.368. The molecule has 0 saturated carbocycles. The molecule has 2 rings (SSSR count). The zero-order valence-electron chi connectivity index (χ0n) is 15.2. The van der Waals surface area contributed by atoms with Gasteiger partial charge in [-0.25, -0.2) is 4.68 Å². The first-order chi connectivity index (χ1) is 12.0. The third kappa shape index (κ3) is 5.38. The molecule has 0 unspecified atom stereocenters. The molecular weight excluding hydrogens is 318 g/mol. The van der Waals surface area contributed by atoms with Crippen LogP contribution in [0.2, 0.25) is 0 Å². The van der Waals surface area contributed by atoms with E-state index < -0.39 is 0 Å². The SMILES string of the molecule is C/C=C/c1ccc(OCC(=O)Nc2ccnn2CC(C)C)c(OC)c1. The number of amides is 1. The Hall–Kier alpha value is -2.76. The van der Waals surface area contributed by atoms with E-state index in [0.717, 1.165) is 12.1 Å². The van der Waals surface area contributed by atoms with Gasteiger partial charge in [0.1, 0.15) is 5.82 Å². The van der Waals surface area contributed by atoms with Gasteiger partial charge in [-0.3, -0.25) is 4.79 Å². The number of benzene rings is 1. The summed E-state index contributed by atoms with van der Waals surface area (Å²) in [4.78, 5) is 12.2. The minimum Gasteiger partial charge on any atom is -0.493 e. The summed E-state index contributed by atoms with van der Waals surface area (Å²) in [5, 5.41) is 7.04. The first-order valence-corrected chi connectivity index (χ1v) is 8.28. The number of hydrogen-bond donors (Lipinski definition) is 1. The van der Waals surface area contributed by atoms with Crippen molar-refractivity contribution in [1.82, 2.24) is 9.78 Å². The van der Waals surface area contributed by atoms with Gasteiger partial charge in [0, 0.05) is 12.6 Å². The predicted octanol–water partition coefficient (Wildman–Crippen LogP) is 3.60. The minimum atomic E-state index is -0.245. The van der Waals surface area contributed by atoms with Crippen LogP contribution in [0.3, 0.4) is 0 Å². The van der Waals surface area contributed by atoms with Crippen molar-refractivity contribution < 1.29 is 14.3 Å². The second kappa shape index (κ2) is 8.92. The molecule has 2 aromatic rings. The Morgan fingerprint density at radius 2 is 2.12 bits per heavy atom. The van der Waals surface area contributed by atoms with Crippen molar-refractivity contribution in [2.45, 2.75) is 27.3 Å². The Labute approximate surface area is 148 Å². The van der Waals surface area contributed by atoms with Crippen molar-refractivity contribution in [3.63, 3.8) is 0 Å². The van der Waals surface area contributed by atoms with Crippen LogP contribution in [0, 0.1) is 5.92 Å². The van der Waals surface area contributed by atoms with Crippen LogP contribution in [0.4, 0.5) is 5.82 Å². The van der Waals surface area contributed by atoms with E-state index >= 15 is 0 Å². The third-order valence-corrected chi connectivity index (χ3v) is 3.43. The summed E-state index contributed by atoms with van der Waals surface area (Å²) in [5.74, 6) is 1.98. The largest absolute Gasteiger partial charge is 0.493 e. The summed E-state index contributed by atoms with van der Waals surface area (Å²) >= 11 is 0. The van der Waals surface area contributed by atoms with E-state index in [9.17, 15) is 4.79 Å². The van der Waals surface area contributed by atoms with Gasteiger partial charge in [-0.15, -0.1) is 0 Å². The van der Waals surface area contributed by atoms with Crippen LogP contribution in [-0.2, 0) is 11.3 Å². The number of methoxy groups -OCH3 is 1. The lowest BCUT2D eigenvalue weighted by Gasteiger charge is -2.13. The van der Waals surface area contributed by atoms with E-state index in [-0.39, 0.29) is 12.5 Å². The monoisotopic (exact) mass is 343 g/mol. The van der Waals surface area contributed by atoms with Gasteiger partial charge in [0.15, 0.2) is 18.1 Å². The van der Waals surface area contributed by atoms with Crippen LogP contribution in [-0.4, -0.2) is 29.4 Å². The van der Waals surface area contributed by atoms with Crippen LogP contribution in [0.1, 0.15) is 26.3 Å². The summed E-state index contributed by atoms with van der Waals surface area (Å²) in [6, 6.07) is 7.34. The Kier molecular flexibility index (Phi) is 6.62. The van der Waals surface area contributed by atoms with Crippen molar-refractivity contribution in [1.29, 1.82) is 0 Å². The summed E-state index contributed by atoms with van der Waals surface area (Å²) in [7, 11) is 1.58. The summed E-state index contributed by atoms with van der Waals surface area (Å²) in [6.45, 7) is 6.78. The molecule has 0 fully saturated rings. The maximum Gasteiger partial charge on any atom is 0.263 e. The molecule has 1 heterocycles. The lowest BCUT2D eigenvalue weighted by molar-refractivity contribution is -0.118. The summed E-state index contributed by atoms with van der Waals surface area (Å²) in [5.41, 5.74) is 1.01. The van der Waals surface area contributed by atoms with Crippen LogP contribution in [0.25, 0.3) is 6.08 Å². The highest BCUT2D eigenvalue weighted by Crippen LogP contribution is 2.28. The van der Waals surface area contributed by atoms with Gasteiger partial charge in [-0.1, -0.05) is 32.1 Å². The lowest BCUT2D eigenvalue weighted by atomic mass is 10.2. The third-order valence-electron chi connectivity index (χ3n) is 3.43. The molecule has 1 aromatic heterocycles. The highest BCUT2D eigenvalue weighted by Gasteiger charge is 2.11. The minimum absolute atomic E-state index is 0.105. The summed E-state index contributed by atoms with van der Waals surface area (Å²) in [6.07, 6.45) is 5.58. The highest BCUT2D eigenvalue weighted by atomic mass is 16.5. The van der Waals surface area contributed by atoms with E-state index in [2.05, 4.69) is 24.3 Å². The van der Waals surface area contributed by atoms with Crippen LogP contribution in [0.15, 0.2) is 36.5 Å². The Balaban J connectivity index is 1.97. The molecule has 6 heteroatoms. The number of allylic oxidation sites excluding steroid dienone is 1. The van der Waals surface area contributed by atoms with Gasteiger partial charge in [-0.2, -0.15) is 5.10 Å². The predicted molar refractivity (Wildman–Crippen MR) is 98.9 cm³/mol. The number of ether oxygens (including phenoxy) is 2. The smallest absolute Gasteiger partial charge is 0.263 e. The van der Waals surface area contributed by atoms with E-state index in [1.165, 1.54) is 0 Å². The van der Waals surface area contributed by atoms with E-state index in [1.807, 2.05) is 31.2 Å². The first kappa shape index (κ1) is 18.6. The van der Waals surface area contributed by atoms with Crippen molar-refractivity contribution in [2.75, 3.05) is 19.0 Å². The van der Waals surface area contributed by atoms with Gasteiger partial charge in [0.25, 0.3) is 5.91 Å². The fourth-order valence-electron chi connectivity index (χ4n) is 2.35. The maximum atomic E-state index is 12.2. The standard InChI is InChI=1S/C19H25N3O3/c1-5-6-15-7-8-16(17(11-15)24-4)25-13-19(23)21-18-9-10-20-22(18)12-14(2)3/h5-11,14H,12-13H2,1-4H3,(H,21,23)/b6-5+. The normalized spacial score (nSPS) is 11.1. The highest BCUT2D eigenvalue weighted by molar-refractivity contribution is 5.91. The van der Waals surface area contributed by atoms with Crippen LogP contribution < -0.4 is 14.8 Å². The number of anilines is 1. The number of nitrogens with zero attached hydrogens (tertiary/aromatic N) is 2. The molecule has 1 amide bonds. The van der Waals surface area contributed by atoms with Crippen LogP contribution in [0.5, 0.6) is 11.5 Å². The molecular formula is C19H25N3O3. The molecule has 0 aliphatic rings. The average molecular weight is 343 g/mol. The van der Waals surface area contributed by atoms with E-state index in [1.54, 1.807) is 30.1 Å². The van der Waals surface area contributed by atoms with Gasteiger partial charge in [0.2, 0.25) is 0 Å². The van der Waals surface area contributed by atoms with Crippen molar-refractivity contribution in [3.8, 4) is 11.5 Å². The number of nitrogens with one attached hydrogen (secondary N) is 1. The average Bonchev–Trinajstić information content (AvgIpc) is 2.99. The number of carbonyl (C=O) groups is 1. The molecule has 0 bridgehead atoms. The van der Waals surface area contributed by atoms with Crippen LogP contribution >= 0.6 is 0 Å². The van der Waals surface area contributed by atoms with Gasteiger partial charge in [-0.05, 0) is 30.5 Å². The molecule has 25 heavy (non-hydrogen) atoms. The molecule has 0 aliphatic carbocycles. The van der Waals surface area contributed by atoms with Crippen molar-refractivity contribution >= 4 is 17.8 Å². The number of hydrogen-bond acceptors (Lipinski definition) is 4. The Bertz CT molecular complexity index is 735. The molecule has 0 saturated heterocycles. The van der Waals surface area contributed by atoms with E-state index in [4.69, 9.17) is 9.47 Å². The van der Waals surface area contributed by atoms with Gasteiger partial charge >= 0.3 is 0 Å². The van der Waals surface area contributed by atoms with E-state index in [0.29, 0.717) is 23.2 Å². The quantitative estimate of drug-likeness (QED) is 0.795. The molecule has 6 nitrogen and oxygen atoms in total. The maximum absolute atomic E-state index is 12.2.